The summed E-state index contributed by atoms with van der Waals surface area (Å²) in [6.07, 6.45) is 8.14. The van der Waals surface area contributed by atoms with Crippen molar-refractivity contribution >= 4 is 5.91 Å². The Balaban J connectivity index is 1.63. The lowest BCUT2D eigenvalue weighted by molar-refractivity contribution is 0.0325. The molecule has 0 spiro atoms. The van der Waals surface area contributed by atoms with E-state index in [4.69, 9.17) is 4.74 Å². The number of amides is 1. The van der Waals surface area contributed by atoms with Crippen LogP contribution >= 0.6 is 0 Å². The molecule has 0 radical (unpaired) electrons. The molecular formula is C27H30N6O3. The Morgan fingerprint density at radius 2 is 2.03 bits per heavy atom. The first-order valence-corrected chi connectivity index (χ1v) is 11.9. The third kappa shape index (κ3) is 6.22. The lowest BCUT2D eigenvalue weighted by Gasteiger charge is -2.37. The minimum Gasteiger partial charge on any atom is -0.472 e. The Kier molecular flexibility index (Phi) is 8.21. The molecule has 4 rings (SSSR count). The van der Waals surface area contributed by atoms with E-state index in [1.165, 1.54) is 6.33 Å². The summed E-state index contributed by atoms with van der Waals surface area (Å²) in [6.45, 7) is 5.45. The third-order valence-corrected chi connectivity index (χ3v) is 6.08. The minimum absolute atomic E-state index is 0.00371. The van der Waals surface area contributed by atoms with Gasteiger partial charge < -0.3 is 14.7 Å². The summed E-state index contributed by atoms with van der Waals surface area (Å²) in [7, 11) is 2.01. The van der Waals surface area contributed by atoms with Crippen LogP contribution in [0.15, 0.2) is 55.4 Å². The quantitative estimate of drug-likeness (QED) is 0.528. The SMILES string of the molecule is C[C@@H]1CN([C@@H](C)CO)C(=O)c2cc(C#Cc3ccccn3)cnc2O[C@@H]1CN(C)Cc1cncnc1. The van der Waals surface area contributed by atoms with Crippen LogP contribution in [0.2, 0.25) is 0 Å². The van der Waals surface area contributed by atoms with E-state index in [1.807, 2.05) is 39.1 Å². The van der Waals surface area contributed by atoms with Crippen LogP contribution in [0.5, 0.6) is 5.88 Å². The number of aliphatic hydroxyl groups is 1. The van der Waals surface area contributed by atoms with E-state index < -0.39 is 0 Å². The highest BCUT2D eigenvalue weighted by molar-refractivity contribution is 5.97. The fourth-order valence-corrected chi connectivity index (χ4v) is 4.06. The zero-order valence-corrected chi connectivity index (χ0v) is 20.7. The molecule has 1 N–H and O–H groups in total. The van der Waals surface area contributed by atoms with E-state index in [1.54, 1.807) is 35.8 Å². The normalized spacial score (nSPS) is 18.4. The average molecular weight is 487 g/mol. The molecule has 3 atom stereocenters. The molecule has 3 aromatic rings. The predicted octanol–water partition coefficient (Wildman–Crippen LogP) is 2.02. The number of carbonyl (C=O) groups excluding carboxylic acids is 1. The number of likely N-dealkylation sites (N-methyl/N-ethyl adjacent to an activating group) is 1. The number of carbonyl (C=O) groups is 1. The van der Waals surface area contributed by atoms with Crippen LogP contribution in [-0.4, -0.2) is 79.6 Å². The average Bonchev–Trinajstić information content (AvgIpc) is 2.90. The van der Waals surface area contributed by atoms with E-state index in [0.717, 1.165) is 5.56 Å². The molecule has 9 nitrogen and oxygen atoms in total. The van der Waals surface area contributed by atoms with Gasteiger partial charge in [0.05, 0.1) is 12.6 Å². The second-order valence-corrected chi connectivity index (χ2v) is 9.11. The first-order valence-electron chi connectivity index (χ1n) is 11.9. The highest BCUT2D eigenvalue weighted by atomic mass is 16.5. The van der Waals surface area contributed by atoms with Crippen molar-refractivity contribution in [1.29, 1.82) is 0 Å². The molecule has 0 fully saturated rings. The lowest BCUT2D eigenvalue weighted by atomic mass is 9.99. The van der Waals surface area contributed by atoms with Crippen molar-refractivity contribution in [3.63, 3.8) is 0 Å². The number of aromatic nitrogens is 4. The lowest BCUT2D eigenvalue weighted by Crippen LogP contribution is -2.49. The van der Waals surface area contributed by atoms with Gasteiger partial charge >= 0.3 is 0 Å². The molecule has 9 heteroatoms. The number of pyridine rings is 2. The molecule has 1 aliphatic heterocycles. The molecule has 0 unspecified atom stereocenters. The number of fused-ring (bicyclic) bond motifs is 1. The largest absolute Gasteiger partial charge is 0.472 e. The number of hydrogen-bond donors (Lipinski definition) is 1. The Morgan fingerprint density at radius 3 is 2.75 bits per heavy atom. The van der Waals surface area contributed by atoms with Crippen LogP contribution in [0, 0.1) is 17.8 Å². The summed E-state index contributed by atoms with van der Waals surface area (Å²) in [5.41, 5.74) is 2.54. The minimum atomic E-state index is -0.353. The van der Waals surface area contributed by atoms with Crippen LogP contribution in [0.4, 0.5) is 0 Å². The molecule has 3 aromatic heterocycles. The fourth-order valence-electron chi connectivity index (χ4n) is 4.06. The molecule has 0 aromatic carbocycles. The maximum absolute atomic E-state index is 13.5. The monoisotopic (exact) mass is 486 g/mol. The summed E-state index contributed by atoms with van der Waals surface area (Å²) >= 11 is 0. The Hall–Kier alpha value is -3.87. The van der Waals surface area contributed by atoms with Crippen molar-refractivity contribution in [3.8, 4) is 17.7 Å². The van der Waals surface area contributed by atoms with Gasteiger partial charge in [-0.3, -0.25) is 9.69 Å². The van der Waals surface area contributed by atoms with Gasteiger partial charge in [0, 0.05) is 61.5 Å². The van der Waals surface area contributed by atoms with Crippen molar-refractivity contribution in [2.45, 2.75) is 32.5 Å². The van der Waals surface area contributed by atoms with Gasteiger partial charge in [-0.05, 0) is 38.1 Å². The summed E-state index contributed by atoms with van der Waals surface area (Å²) in [6, 6.07) is 6.86. The Labute approximate surface area is 211 Å². The van der Waals surface area contributed by atoms with Gasteiger partial charge in [0.15, 0.2) is 0 Å². The van der Waals surface area contributed by atoms with E-state index in [-0.39, 0.29) is 36.5 Å². The molecule has 36 heavy (non-hydrogen) atoms. The molecule has 0 saturated carbocycles. The summed E-state index contributed by atoms with van der Waals surface area (Å²) in [4.78, 5) is 34.2. The zero-order chi connectivity index (χ0) is 25.5. The number of hydrogen-bond acceptors (Lipinski definition) is 8. The Bertz CT molecular complexity index is 1230. The van der Waals surface area contributed by atoms with Crippen molar-refractivity contribution in [3.05, 3.63) is 77.8 Å². The van der Waals surface area contributed by atoms with E-state index in [9.17, 15) is 9.90 Å². The summed E-state index contributed by atoms with van der Waals surface area (Å²) in [5.74, 6) is 6.06. The van der Waals surface area contributed by atoms with Crippen molar-refractivity contribution in [1.82, 2.24) is 29.7 Å². The van der Waals surface area contributed by atoms with Gasteiger partial charge in [-0.2, -0.15) is 0 Å². The van der Waals surface area contributed by atoms with Crippen LogP contribution < -0.4 is 4.74 Å². The highest BCUT2D eigenvalue weighted by Gasteiger charge is 2.34. The molecule has 4 heterocycles. The number of ether oxygens (including phenoxy) is 1. The number of aliphatic hydroxyl groups excluding tert-OH is 1. The van der Waals surface area contributed by atoms with Crippen LogP contribution in [-0.2, 0) is 6.54 Å². The van der Waals surface area contributed by atoms with Gasteiger partial charge in [-0.1, -0.05) is 18.9 Å². The fraction of sp³-hybridized carbons (Fsp3) is 0.370. The van der Waals surface area contributed by atoms with E-state index in [0.29, 0.717) is 36.5 Å². The molecule has 0 aliphatic carbocycles. The molecule has 186 valence electrons. The first-order chi connectivity index (χ1) is 17.4. The van der Waals surface area contributed by atoms with Crippen molar-refractivity contribution in [2.75, 3.05) is 26.7 Å². The summed E-state index contributed by atoms with van der Waals surface area (Å²) in [5, 5.41) is 9.85. The zero-order valence-electron chi connectivity index (χ0n) is 20.7. The summed E-state index contributed by atoms with van der Waals surface area (Å²) < 4.78 is 6.35. The second-order valence-electron chi connectivity index (χ2n) is 9.11. The van der Waals surface area contributed by atoms with Crippen LogP contribution in [0.1, 0.15) is 41.0 Å². The molecule has 0 saturated heterocycles. The second kappa shape index (κ2) is 11.7. The predicted molar refractivity (Wildman–Crippen MR) is 134 cm³/mol. The third-order valence-electron chi connectivity index (χ3n) is 6.08. The smallest absolute Gasteiger partial charge is 0.259 e. The highest BCUT2D eigenvalue weighted by Crippen LogP contribution is 2.27. The maximum atomic E-state index is 13.5. The van der Waals surface area contributed by atoms with Crippen molar-refractivity contribution in [2.24, 2.45) is 5.92 Å². The Morgan fingerprint density at radius 1 is 1.22 bits per heavy atom. The van der Waals surface area contributed by atoms with E-state index in [2.05, 4.69) is 36.7 Å². The van der Waals surface area contributed by atoms with Crippen molar-refractivity contribution < 1.29 is 14.6 Å². The molecule has 0 bridgehead atoms. The van der Waals surface area contributed by atoms with Gasteiger partial charge in [0.1, 0.15) is 23.7 Å². The van der Waals surface area contributed by atoms with E-state index >= 15 is 0 Å². The van der Waals surface area contributed by atoms with Crippen LogP contribution in [0.3, 0.4) is 0 Å². The molecule has 1 amide bonds. The van der Waals surface area contributed by atoms with Gasteiger partial charge in [0.25, 0.3) is 5.91 Å². The van der Waals surface area contributed by atoms with Gasteiger partial charge in [0.2, 0.25) is 5.88 Å². The van der Waals surface area contributed by atoms with Gasteiger partial charge in [-0.25, -0.2) is 19.9 Å². The number of rotatable bonds is 6. The number of nitrogens with zero attached hydrogens (tertiary/aromatic N) is 6. The topological polar surface area (TPSA) is 105 Å². The molecular weight excluding hydrogens is 456 g/mol. The first kappa shape index (κ1) is 25.2. The standard InChI is InChI=1S/C27H30N6O3/c1-19-14-33(20(2)17-34)27(35)24-10-21(7-8-23-6-4-5-9-30-23)13-31-26(24)36-25(19)16-32(3)15-22-11-28-18-29-12-22/h4-6,9-13,18-20,25,34H,14-17H2,1-3H3/t19-,20+,25-/m1/s1. The maximum Gasteiger partial charge on any atom is 0.259 e. The van der Waals surface area contributed by atoms with Crippen LogP contribution in [0.25, 0.3) is 0 Å². The van der Waals surface area contributed by atoms with Gasteiger partial charge in [-0.15, -0.1) is 0 Å². The molecule has 1 aliphatic rings.